The van der Waals surface area contributed by atoms with E-state index in [1.165, 1.54) is 6.07 Å². The summed E-state index contributed by atoms with van der Waals surface area (Å²) in [6, 6.07) is 12.8. The lowest BCUT2D eigenvalue weighted by Gasteiger charge is -2.16. The van der Waals surface area contributed by atoms with Crippen LogP contribution in [0.25, 0.3) is 11.1 Å². The van der Waals surface area contributed by atoms with Crippen molar-refractivity contribution in [3.8, 4) is 11.1 Å². The Morgan fingerprint density at radius 2 is 1.86 bits per heavy atom. The molecule has 4 nitrogen and oxygen atoms in total. The van der Waals surface area contributed by atoms with E-state index in [4.69, 9.17) is 4.74 Å². The third-order valence-corrected chi connectivity index (χ3v) is 6.22. The molecular weight excluding hydrogens is 371 g/mol. The summed E-state index contributed by atoms with van der Waals surface area (Å²) in [5.74, 6) is -0.887. The molecule has 2 heterocycles. The van der Waals surface area contributed by atoms with Crippen LogP contribution in [-0.2, 0) is 11.5 Å². The summed E-state index contributed by atoms with van der Waals surface area (Å²) in [6.07, 6.45) is 5.12. The topological polar surface area (TPSA) is 44.1 Å². The molecule has 0 N–H and O–H groups in total. The van der Waals surface area contributed by atoms with Crippen molar-refractivity contribution < 1.29 is 13.9 Å². The van der Waals surface area contributed by atoms with Crippen LogP contribution in [0.5, 0.6) is 0 Å². The average molecular weight is 397 g/mol. The highest BCUT2D eigenvalue weighted by Crippen LogP contribution is 2.23. The first-order valence-electron chi connectivity index (χ1n) is 9.33. The summed E-state index contributed by atoms with van der Waals surface area (Å²) in [5.41, 5.74) is 2.13. The molecule has 28 heavy (non-hydrogen) atoms. The van der Waals surface area contributed by atoms with Crippen LogP contribution in [0.15, 0.2) is 61.1 Å². The quantitative estimate of drug-likeness (QED) is 0.297. The number of hydrogen-bond acceptors (Lipinski definition) is 3. The Morgan fingerprint density at radius 3 is 2.57 bits per heavy atom. The largest absolute Gasteiger partial charge is 0.361 e. The van der Waals surface area contributed by atoms with Gasteiger partial charge in [0.1, 0.15) is 12.5 Å². The van der Waals surface area contributed by atoms with Crippen LogP contribution in [0.1, 0.15) is 16.1 Å². The van der Waals surface area contributed by atoms with Crippen molar-refractivity contribution in [2.75, 3.05) is 6.61 Å². The zero-order chi connectivity index (χ0) is 20.1. The van der Waals surface area contributed by atoms with E-state index in [0.29, 0.717) is 12.3 Å². The molecule has 0 aliphatic rings. The van der Waals surface area contributed by atoms with Gasteiger partial charge in [0.2, 0.25) is 5.78 Å². The molecular formula is C22H25FN2O2Si. The SMILES string of the molecule is C[Si](C)(C)CCOCn1cccc1C(=O)c1cc(-c2ccncc2)ccc1F. The fourth-order valence-electron chi connectivity index (χ4n) is 2.84. The summed E-state index contributed by atoms with van der Waals surface area (Å²) in [5, 5.41) is 0. The van der Waals surface area contributed by atoms with E-state index < -0.39 is 13.9 Å². The van der Waals surface area contributed by atoms with Gasteiger partial charge in [0.15, 0.2) is 0 Å². The molecule has 0 radical (unpaired) electrons. The first-order valence-corrected chi connectivity index (χ1v) is 13.0. The highest BCUT2D eigenvalue weighted by molar-refractivity contribution is 6.76. The van der Waals surface area contributed by atoms with Crippen molar-refractivity contribution in [3.63, 3.8) is 0 Å². The minimum Gasteiger partial charge on any atom is -0.361 e. The second-order valence-electron chi connectivity index (χ2n) is 7.97. The number of aromatic nitrogens is 2. The first kappa shape index (κ1) is 20.2. The van der Waals surface area contributed by atoms with Gasteiger partial charge in [0, 0.05) is 33.3 Å². The molecule has 0 fully saturated rings. The molecule has 2 aromatic heterocycles. The van der Waals surface area contributed by atoms with Crippen LogP contribution in [0.4, 0.5) is 4.39 Å². The number of rotatable bonds is 8. The minimum absolute atomic E-state index is 0.0522. The van der Waals surface area contributed by atoms with Gasteiger partial charge >= 0.3 is 0 Å². The Bertz CT molecular complexity index is 949. The van der Waals surface area contributed by atoms with Gasteiger partial charge in [-0.3, -0.25) is 9.78 Å². The van der Waals surface area contributed by atoms with E-state index in [1.54, 1.807) is 47.4 Å². The standard InChI is InChI=1S/C22H25FN2O2Si/c1-28(2,3)14-13-27-16-25-12-4-5-21(25)22(26)19-15-18(6-7-20(19)23)17-8-10-24-11-9-17/h4-12,15H,13-14,16H2,1-3H3. The zero-order valence-corrected chi connectivity index (χ0v) is 17.5. The maximum atomic E-state index is 14.4. The molecule has 0 unspecified atom stereocenters. The van der Waals surface area contributed by atoms with E-state index >= 15 is 0 Å². The molecule has 0 bridgehead atoms. The number of carbonyl (C=O) groups is 1. The van der Waals surface area contributed by atoms with E-state index in [1.807, 2.05) is 12.1 Å². The van der Waals surface area contributed by atoms with Gasteiger partial charge in [-0.05, 0) is 53.6 Å². The molecule has 0 spiro atoms. The molecule has 1 aromatic carbocycles. The zero-order valence-electron chi connectivity index (χ0n) is 16.5. The number of hydrogen-bond donors (Lipinski definition) is 0. The molecule has 0 saturated heterocycles. The van der Waals surface area contributed by atoms with Crippen molar-refractivity contribution >= 4 is 13.9 Å². The van der Waals surface area contributed by atoms with E-state index in [-0.39, 0.29) is 18.1 Å². The summed E-state index contributed by atoms with van der Waals surface area (Å²) >= 11 is 0. The summed E-state index contributed by atoms with van der Waals surface area (Å²) in [6.45, 7) is 7.82. The van der Waals surface area contributed by atoms with Crippen LogP contribution in [0.3, 0.4) is 0 Å². The second-order valence-corrected chi connectivity index (χ2v) is 13.6. The number of pyridine rings is 1. The smallest absolute Gasteiger partial charge is 0.212 e. The van der Waals surface area contributed by atoms with Gasteiger partial charge in [-0.2, -0.15) is 0 Å². The predicted molar refractivity (Wildman–Crippen MR) is 112 cm³/mol. The molecule has 0 amide bonds. The van der Waals surface area contributed by atoms with Gasteiger partial charge in [0.05, 0.1) is 11.3 Å². The molecule has 0 aliphatic carbocycles. The average Bonchev–Trinajstić information content (AvgIpc) is 3.13. The number of halogens is 1. The molecule has 0 atom stereocenters. The first-order chi connectivity index (χ1) is 13.3. The number of benzene rings is 1. The van der Waals surface area contributed by atoms with Crippen LogP contribution < -0.4 is 0 Å². The second kappa shape index (κ2) is 8.62. The van der Waals surface area contributed by atoms with Gasteiger partial charge in [0.25, 0.3) is 0 Å². The fraction of sp³-hybridized carbons (Fsp3) is 0.273. The number of ether oxygens (including phenoxy) is 1. The Labute approximate surface area is 166 Å². The van der Waals surface area contributed by atoms with Crippen LogP contribution >= 0.6 is 0 Å². The maximum Gasteiger partial charge on any atom is 0.212 e. The Hall–Kier alpha value is -2.57. The highest BCUT2D eigenvalue weighted by Gasteiger charge is 2.19. The van der Waals surface area contributed by atoms with Crippen molar-refractivity contribution in [3.05, 3.63) is 78.1 Å². The van der Waals surface area contributed by atoms with Gasteiger partial charge in [-0.15, -0.1) is 0 Å². The summed E-state index contributed by atoms with van der Waals surface area (Å²) < 4.78 is 21.9. The normalized spacial score (nSPS) is 11.6. The van der Waals surface area contributed by atoms with Crippen molar-refractivity contribution in [2.45, 2.75) is 32.4 Å². The maximum absolute atomic E-state index is 14.4. The van der Waals surface area contributed by atoms with Crippen molar-refractivity contribution in [2.24, 2.45) is 0 Å². The number of ketones is 1. The van der Waals surface area contributed by atoms with Crippen molar-refractivity contribution in [1.29, 1.82) is 0 Å². The molecule has 0 aliphatic heterocycles. The highest BCUT2D eigenvalue weighted by atomic mass is 28.3. The lowest BCUT2D eigenvalue weighted by atomic mass is 10.0. The number of carbonyl (C=O) groups excluding carboxylic acids is 1. The van der Waals surface area contributed by atoms with Gasteiger partial charge in [-0.1, -0.05) is 25.7 Å². The molecule has 3 aromatic rings. The molecule has 0 saturated carbocycles. The molecule has 146 valence electrons. The fourth-order valence-corrected chi connectivity index (χ4v) is 3.59. The molecule has 3 rings (SSSR count). The Morgan fingerprint density at radius 1 is 1.11 bits per heavy atom. The monoisotopic (exact) mass is 396 g/mol. The van der Waals surface area contributed by atoms with Gasteiger partial charge < -0.3 is 9.30 Å². The number of nitrogens with zero attached hydrogens (tertiary/aromatic N) is 2. The third-order valence-electron chi connectivity index (χ3n) is 4.51. The lowest BCUT2D eigenvalue weighted by molar-refractivity contribution is 0.0818. The van der Waals surface area contributed by atoms with Crippen LogP contribution in [-0.4, -0.2) is 30.0 Å². The summed E-state index contributed by atoms with van der Waals surface area (Å²) in [4.78, 5) is 17.0. The third kappa shape index (κ3) is 5.02. The molecule has 6 heteroatoms. The van der Waals surface area contributed by atoms with Crippen molar-refractivity contribution in [1.82, 2.24) is 9.55 Å². The van der Waals surface area contributed by atoms with E-state index in [2.05, 4.69) is 24.6 Å². The van der Waals surface area contributed by atoms with E-state index in [0.717, 1.165) is 17.2 Å². The van der Waals surface area contributed by atoms with Crippen LogP contribution in [0.2, 0.25) is 25.7 Å². The summed E-state index contributed by atoms with van der Waals surface area (Å²) in [7, 11) is -1.17. The lowest BCUT2D eigenvalue weighted by Crippen LogP contribution is -2.22. The predicted octanol–water partition coefficient (Wildman–Crippen LogP) is 5.23. The Balaban J connectivity index is 1.79. The minimum atomic E-state index is -1.17. The van der Waals surface area contributed by atoms with E-state index in [9.17, 15) is 9.18 Å². The Kier molecular flexibility index (Phi) is 6.21. The van der Waals surface area contributed by atoms with Gasteiger partial charge in [-0.25, -0.2) is 4.39 Å². The van der Waals surface area contributed by atoms with Crippen LogP contribution in [0, 0.1) is 5.82 Å².